The molecule has 0 aromatic heterocycles. The maximum absolute atomic E-state index is 13.7. The molecule has 61 heavy (non-hydrogen) atoms. The van der Waals surface area contributed by atoms with E-state index in [2.05, 4.69) is 165 Å². The summed E-state index contributed by atoms with van der Waals surface area (Å²) < 4.78 is 0. The van der Waals surface area contributed by atoms with Crippen molar-refractivity contribution in [2.75, 3.05) is 52.4 Å². The number of unbranched alkanes of at least 4 members (excludes halogenated alkanes) is 4. The number of carbonyl (C=O) groups excluding carboxylic acids is 1. The molecule has 0 atom stereocenters. The zero-order valence-electron chi connectivity index (χ0n) is 38.6. The van der Waals surface area contributed by atoms with Crippen LogP contribution < -0.4 is 5.32 Å². The largest absolute Gasteiger partial charge is 0.333 e. The third-order valence-electron chi connectivity index (χ3n) is 11.5. The van der Waals surface area contributed by atoms with Gasteiger partial charge in [0.15, 0.2) is 0 Å². The molecule has 0 saturated heterocycles. The van der Waals surface area contributed by atoms with Crippen LogP contribution in [0.25, 0.3) is 22.3 Å². The first kappa shape index (κ1) is 49.1. The molecule has 5 rings (SSSR count). The summed E-state index contributed by atoms with van der Waals surface area (Å²) in [4.78, 5) is 20.8. The maximum Gasteiger partial charge on any atom is 0.254 e. The minimum absolute atomic E-state index is 0.121. The number of benzene rings is 5. The van der Waals surface area contributed by atoms with E-state index in [1.807, 2.05) is 23.1 Å². The van der Waals surface area contributed by atoms with Gasteiger partial charge in [-0.3, -0.25) is 4.79 Å². The SMILES string of the molecule is CCCCN(CCCC)CCN(Cc1ccc(-c2ccccc2)cc1)C(=O)c1ccc(CCC)cc1.CCCCN(CCCC)CCNCc1ccc(-c2ccccc2)cc1. The summed E-state index contributed by atoms with van der Waals surface area (Å²) in [6, 6.07) is 46.8. The molecule has 0 fully saturated rings. The molecule has 328 valence electrons. The van der Waals surface area contributed by atoms with Crippen molar-refractivity contribution in [3.8, 4) is 22.3 Å². The summed E-state index contributed by atoms with van der Waals surface area (Å²) in [7, 11) is 0. The van der Waals surface area contributed by atoms with Crippen LogP contribution in [-0.4, -0.2) is 73.0 Å². The number of hydrogen-bond acceptors (Lipinski definition) is 4. The summed E-state index contributed by atoms with van der Waals surface area (Å²) in [5.74, 6) is 0.121. The number of nitrogens with one attached hydrogen (secondary N) is 1. The Labute approximate surface area is 371 Å². The van der Waals surface area contributed by atoms with E-state index >= 15 is 0 Å². The molecule has 1 N–H and O–H groups in total. The van der Waals surface area contributed by atoms with Gasteiger partial charge in [-0.25, -0.2) is 0 Å². The molecule has 5 heteroatoms. The van der Waals surface area contributed by atoms with Gasteiger partial charge in [0.05, 0.1) is 0 Å². The van der Waals surface area contributed by atoms with Gasteiger partial charge in [0.25, 0.3) is 5.91 Å². The second-order valence-electron chi connectivity index (χ2n) is 16.6. The Morgan fingerprint density at radius 1 is 0.426 bits per heavy atom. The van der Waals surface area contributed by atoms with E-state index in [-0.39, 0.29) is 5.91 Å². The summed E-state index contributed by atoms with van der Waals surface area (Å²) >= 11 is 0. The molecule has 0 aliphatic rings. The average molecular weight is 823 g/mol. The highest BCUT2D eigenvalue weighted by Gasteiger charge is 2.18. The Kier molecular flexibility index (Phi) is 23.9. The third kappa shape index (κ3) is 18.5. The molecule has 5 aromatic rings. The average Bonchev–Trinajstić information content (AvgIpc) is 3.31. The predicted molar refractivity (Wildman–Crippen MR) is 263 cm³/mol. The molecule has 0 spiro atoms. The lowest BCUT2D eigenvalue weighted by atomic mass is 10.0. The Morgan fingerprint density at radius 3 is 1.31 bits per heavy atom. The van der Waals surface area contributed by atoms with Crippen LogP contribution >= 0.6 is 0 Å². The van der Waals surface area contributed by atoms with Crippen molar-refractivity contribution in [2.45, 2.75) is 112 Å². The van der Waals surface area contributed by atoms with Crippen LogP contribution in [0.2, 0.25) is 0 Å². The summed E-state index contributed by atoms with van der Waals surface area (Å²) in [5.41, 5.74) is 9.58. The minimum atomic E-state index is 0.121. The van der Waals surface area contributed by atoms with E-state index in [9.17, 15) is 4.79 Å². The Bertz CT molecular complexity index is 1830. The standard InChI is InChI=1S/C33H44N2O.C23H34N2/c1-4-7-23-34(24-8-5-2)25-26-35(33(36)32-21-15-28(12-6-3)16-22-32)27-29-17-19-31(20-18-29)30-13-10-9-11-14-30;1-3-5-17-25(18-6-4-2)19-16-24-20-21-12-14-23(15-13-21)22-10-8-7-9-11-22/h9-11,13-22H,4-8,12,23-27H2,1-3H3;7-15,24H,3-6,16-20H2,1-2H3. The highest BCUT2D eigenvalue weighted by atomic mass is 16.2. The molecule has 0 bridgehead atoms. The molecule has 5 aromatic carbocycles. The molecular weight excluding hydrogens is 745 g/mol. The zero-order valence-corrected chi connectivity index (χ0v) is 38.6. The Hall–Kier alpha value is -4.55. The van der Waals surface area contributed by atoms with Crippen LogP contribution in [0.15, 0.2) is 133 Å². The van der Waals surface area contributed by atoms with Gasteiger partial charge >= 0.3 is 0 Å². The quantitative estimate of drug-likeness (QED) is 0.0536. The van der Waals surface area contributed by atoms with E-state index in [0.717, 1.165) is 64.2 Å². The first-order valence-corrected chi connectivity index (χ1v) is 23.8. The van der Waals surface area contributed by atoms with Crippen LogP contribution in [-0.2, 0) is 19.5 Å². The normalized spacial score (nSPS) is 11.1. The molecular formula is C56H78N4O. The maximum atomic E-state index is 13.7. The number of amides is 1. The van der Waals surface area contributed by atoms with Crippen LogP contribution in [0, 0.1) is 0 Å². The number of nitrogens with zero attached hydrogens (tertiary/aromatic N) is 3. The van der Waals surface area contributed by atoms with E-state index in [0.29, 0.717) is 6.54 Å². The fourth-order valence-corrected chi connectivity index (χ4v) is 7.57. The molecule has 5 nitrogen and oxygen atoms in total. The number of hydrogen-bond donors (Lipinski definition) is 1. The van der Waals surface area contributed by atoms with Gasteiger partial charge in [0.2, 0.25) is 0 Å². The second-order valence-corrected chi connectivity index (χ2v) is 16.6. The predicted octanol–water partition coefficient (Wildman–Crippen LogP) is 13.2. The van der Waals surface area contributed by atoms with E-state index in [1.54, 1.807) is 0 Å². The van der Waals surface area contributed by atoms with E-state index in [1.165, 1.54) is 103 Å². The molecule has 0 aliphatic heterocycles. The molecule has 0 saturated carbocycles. The van der Waals surface area contributed by atoms with Crippen LogP contribution in [0.3, 0.4) is 0 Å². The first-order chi connectivity index (χ1) is 30.0. The number of rotatable bonds is 27. The van der Waals surface area contributed by atoms with Crippen molar-refractivity contribution in [1.29, 1.82) is 0 Å². The lowest BCUT2D eigenvalue weighted by molar-refractivity contribution is 0.0720. The monoisotopic (exact) mass is 823 g/mol. The highest BCUT2D eigenvalue weighted by Crippen LogP contribution is 2.21. The van der Waals surface area contributed by atoms with Gasteiger partial charge in [-0.2, -0.15) is 0 Å². The molecule has 0 heterocycles. The van der Waals surface area contributed by atoms with Crippen LogP contribution in [0.4, 0.5) is 0 Å². The van der Waals surface area contributed by atoms with Gasteiger partial charge in [-0.1, -0.05) is 188 Å². The minimum Gasteiger partial charge on any atom is -0.333 e. The van der Waals surface area contributed by atoms with Gasteiger partial charge < -0.3 is 20.0 Å². The third-order valence-corrected chi connectivity index (χ3v) is 11.5. The van der Waals surface area contributed by atoms with Crippen LogP contribution in [0.1, 0.15) is 119 Å². The van der Waals surface area contributed by atoms with E-state index in [4.69, 9.17) is 0 Å². The van der Waals surface area contributed by atoms with Crippen molar-refractivity contribution >= 4 is 5.91 Å². The van der Waals surface area contributed by atoms with Gasteiger partial charge in [-0.05, 0) is 109 Å². The van der Waals surface area contributed by atoms with Crippen molar-refractivity contribution < 1.29 is 4.79 Å². The van der Waals surface area contributed by atoms with Crippen LogP contribution in [0.5, 0.6) is 0 Å². The number of aryl methyl sites for hydroxylation is 1. The first-order valence-electron chi connectivity index (χ1n) is 23.8. The summed E-state index contributed by atoms with van der Waals surface area (Å²) in [6.45, 7) is 21.4. The summed E-state index contributed by atoms with van der Waals surface area (Å²) in [6.07, 6.45) is 12.2. The van der Waals surface area contributed by atoms with Crippen molar-refractivity contribution in [3.05, 3.63) is 156 Å². The molecule has 0 aliphatic carbocycles. The lowest BCUT2D eigenvalue weighted by Crippen LogP contribution is -2.39. The Morgan fingerprint density at radius 2 is 0.852 bits per heavy atom. The van der Waals surface area contributed by atoms with E-state index < -0.39 is 0 Å². The van der Waals surface area contributed by atoms with Gasteiger partial charge in [0.1, 0.15) is 0 Å². The molecule has 0 unspecified atom stereocenters. The molecule has 1 amide bonds. The lowest BCUT2D eigenvalue weighted by Gasteiger charge is -2.28. The van der Waals surface area contributed by atoms with Crippen molar-refractivity contribution in [1.82, 2.24) is 20.0 Å². The summed E-state index contributed by atoms with van der Waals surface area (Å²) in [5, 5.41) is 3.60. The fourth-order valence-electron chi connectivity index (χ4n) is 7.57. The fraction of sp³-hybridized carbons (Fsp3) is 0.446. The number of carbonyl (C=O) groups is 1. The smallest absolute Gasteiger partial charge is 0.254 e. The Balaban J connectivity index is 0.000000287. The highest BCUT2D eigenvalue weighted by molar-refractivity contribution is 5.94. The zero-order chi connectivity index (χ0) is 43.3. The van der Waals surface area contributed by atoms with Crippen molar-refractivity contribution in [2.24, 2.45) is 0 Å². The molecule has 0 radical (unpaired) electrons. The topological polar surface area (TPSA) is 38.8 Å². The van der Waals surface area contributed by atoms with Crippen molar-refractivity contribution in [3.63, 3.8) is 0 Å². The van der Waals surface area contributed by atoms with Gasteiger partial charge in [-0.15, -0.1) is 0 Å². The van der Waals surface area contributed by atoms with Gasteiger partial charge in [0, 0.05) is 44.8 Å². The second kappa shape index (κ2) is 29.7.